The van der Waals surface area contributed by atoms with Gasteiger partial charge in [0.25, 0.3) is 0 Å². The Kier molecular flexibility index (Phi) is 3.63. The summed E-state index contributed by atoms with van der Waals surface area (Å²) in [6.45, 7) is 0.0877. The first kappa shape index (κ1) is 14.7. The lowest BCUT2D eigenvalue weighted by Gasteiger charge is -2.07. The smallest absolute Gasteiger partial charge is 0.342 e. The van der Waals surface area contributed by atoms with Gasteiger partial charge in [-0.1, -0.05) is 42.5 Å². The van der Waals surface area contributed by atoms with Crippen molar-refractivity contribution < 1.29 is 14.6 Å². The summed E-state index contributed by atoms with van der Waals surface area (Å²) in [5.74, 6) is -0.611. The highest BCUT2D eigenvalue weighted by molar-refractivity contribution is 7.18. The number of aromatic hydroxyl groups is 1. The van der Waals surface area contributed by atoms with E-state index in [1.165, 1.54) is 11.3 Å². The highest BCUT2D eigenvalue weighted by Gasteiger charge is 2.16. The lowest BCUT2D eigenvalue weighted by molar-refractivity contribution is 0.0469. The van der Waals surface area contributed by atoms with Gasteiger partial charge in [0.15, 0.2) is 0 Å². The van der Waals surface area contributed by atoms with Gasteiger partial charge in [-0.05, 0) is 23.6 Å². The van der Waals surface area contributed by atoms with Gasteiger partial charge in [0.2, 0.25) is 0 Å². The first-order valence-electron chi connectivity index (χ1n) is 7.44. The maximum atomic E-state index is 12.3. The minimum Gasteiger partial charge on any atom is -0.506 e. The molecule has 0 saturated carbocycles. The standard InChI is InChI=1S/C19H13NO3S/c21-18-13-6-2-1-5-12(13)9-10-14(18)19(22)23-11-17-20-15-7-3-4-8-16(15)24-17/h1-10,21H,11H2. The molecule has 0 radical (unpaired) electrons. The Morgan fingerprint density at radius 2 is 1.83 bits per heavy atom. The van der Waals surface area contributed by atoms with Crippen molar-refractivity contribution in [1.29, 1.82) is 0 Å². The molecule has 0 atom stereocenters. The van der Waals surface area contributed by atoms with E-state index < -0.39 is 5.97 Å². The zero-order valence-corrected chi connectivity index (χ0v) is 13.4. The van der Waals surface area contributed by atoms with Crippen LogP contribution < -0.4 is 0 Å². The van der Waals surface area contributed by atoms with Gasteiger partial charge >= 0.3 is 5.97 Å². The molecule has 0 amide bonds. The summed E-state index contributed by atoms with van der Waals surface area (Å²) < 4.78 is 6.38. The zero-order valence-electron chi connectivity index (χ0n) is 12.6. The van der Waals surface area contributed by atoms with E-state index in [2.05, 4.69) is 4.98 Å². The summed E-state index contributed by atoms with van der Waals surface area (Å²) in [4.78, 5) is 16.7. The number of aromatic nitrogens is 1. The summed E-state index contributed by atoms with van der Waals surface area (Å²) in [5, 5.41) is 12.5. The van der Waals surface area contributed by atoms with E-state index in [1.807, 2.05) is 42.5 Å². The van der Waals surface area contributed by atoms with Crippen LogP contribution in [0.25, 0.3) is 21.0 Å². The van der Waals surface area contributed by atoms with Gasteiger partial charge in [0.05, 0.1) is 10.2 Å². The number of phenolic OH excluding ortho intramolecular Hbond substituents is 1. The molecule has 0 fully saturated rings. The third-order valence-corrected chi connectivity index (χ3v) is 4.80. The SMILES string of the molecule is O=C(OCc1nc2ccccc2s1)c1ccc2ccccc2c1O. The van der Waals surface area contributed by atoms with Gasteiger partial charge in [0.1, 0.15) is 22.9 Å². The summed E-state index contributed by atoms with van der Waals surface area (Å²) in [6, 6.07) is 18.5. The predicted octanol–water partition coefficient (Wildman–Crippen LogP) is 4.51. The maximum Gasteiger partial charge on any atom is 0.342 e. The van der Waals surface area contributed by atoms with Crippen LogP contribution in [-0.4, -0.2) is 16.1 Å². The molecule has 0 spiro atoms. The molecule has 118 valence electrons. The van der Waals surface area contributed by atoms with Crippen molar-refractivity contribution in [3.8, 4) is 5.75 Å². The molecule has 0 unspecified atom stereocenters. The van der Waals surface area contributed by atoms with Crippen molar-refractivity contribution in [2.45, 2.75) is 6.61 Å². The number of para-hydroxylation sites is 1. The Balaban J connectivity index is 1.57. The van der Waals surface area contributed by atoms with Crippen molar-refractivity contribution in [1.82, 2.24) is 4.98 Å². The second-order valence-corrected chi connectivity index (χ2v) is 6.45. The molecule has 0 aliphatic rings. The lowest BCUT2D eigenvalue weighted by atomic mass is 10.1. The van der Waals surface area contributed by atoms with E-state index in [0.29, 0.717) is 5.39 Å². The number of thiazole rings is 1. The number of carbonyl (C=O) groups excluding carboxylic acids is 1. The zero-order chi connectivity index (χ0) is 16.5. The van der Waals surface area contributed by atoms with E-state index in [1.54, 1.807) is 18.2 Å². The van der Waals surface area contributed by atoms with Crippen LogP contribution in [-0.2, 0) is 11.3 Å². The van der Waals surface area contributed by atoms with Gasteiger partial charge in [-0.2, -0.15) is 0 Å². The fraction of sp³-hybridized carbons (Fsp3) is 0.0526. The number of benzene rings is 3. The normalized spacial score (nSPS) is 11.0. The number of carbonyl (C=O) groups is 1. The number of fused-ring (bicyclic) bond motifs is 2. The lowest BCUT2D eigenvalue weighted by Crippen LogP contribution is -2.05. The maximum absolute atomic E-state index is 12.3. The molecular weight excluding hydrogens is 322 g/mol. The largest absolute Gasteiger partial charge is 0.506 e. The number of esters is 1. The fourth-order valence-electron chi connectivity index (χ4n) is 2.61. The van der Waals surface area contributed by atoms with Crippen LogP contribution in [0.3, 0.4) is 0 Å². The van der Waals surface area contributed by atoms with Crippen LogP contribution in [0.1, 0.15) is 15.4 Å². The molecule has 1 aromatic heterocycles. The van der Waals surface area contributed by atoms with Crippen LogP contribution in [0.4, 0.5) is 0 Å². The van der Waals surface area contributed by atoms with E-state index >= 15 is 0 Å². The van der Waals surface area contributed by atoms with E-state index in [0.717, 1.165) is 20.6 Å². The quantitative estimate of drug-likeness (QED) is 0.560. The second kappa shape index (κ2) is 5.94. The average Bonchev–Trinajstić information content (AvgIpc) is 3.03. The Labute approximate surface area is 142 Å². The fourth-order valence-corrected chi connectivity index (χ4v) is 3.49. The highest BCUT2D eigenvalue weighted by atomic mass is 32.1. The van der Waals surface area contributed by atoms with Crippen molar-refractivity contribution in [2.24, 2.45) is 0 Å². The van der Waals surface area contributed by atoms with Crippen molar-refractivity contribution in [2.75, 3.05) is 0 Å². The van der Waals surface area contributed by atoms with Gasteiger partial charge in [-0.15, -0.1) is 11.3 Å². The molecule has 3 aromatic carbocycles. The van der Waals surface area contributed by atoms with Crippen molar-refractivity contribution in [3.05, 3.63) is 71.2 Å². The van der Waals surface area contributed by atoms with Gasteiger partial charge in [0, 0.05) is 5.39 Å². The van der Waals surface area contributed by atoms with Crippen LogP contribution in [0, 0.1) is 0 Å². The van der Waals surface area contributed by atoms with Crippen LogP contribution in [0.5, 0.6) is 5.75 Å². The first-order valence-corrected chi connectivity index (χ1v) is 8.26. The van der Waals surface area contributed by atoms with Crippen LogP contribution in [0.15, 0.2) is 60.7 Å². The third kappa shape index (κ3) is 2.59. The number of ether oxygens (including phenoxy) is 1. The molecule has 5 heteroatoms. The molecule has 0 aliphatic heterocycles. The molecule has 24 heavy (non-hydrogen) atoms. The summed E-state index contributed by atoms with van der Waals surface area (Å²) >= 11 is 1.49. The number of hydrogen-bond donors (Lipinski definition) is 1. The summed E-state index contributed by atoms with van der Waals surface area (Å²) in [7, 11) is 0. The number of rotatable bonds is 3. The summed E-state index contributed by atoms with van der Waals surface area (Å²) in [5.41, 5.74) is 1.05. The van der Waals surface area contributed by atoms with Crippen molar-refractivity contribution >= 4 is 38.3 Å². The first-order chi connectivity index (χ1) is 11.7. The van der Waals surface area contributed by atoms with E-state index in [-0.39, 0.29) is 17.9 Å². The molecular formula is C19H13NO3S. The molecule has 0 bridgehead atoms. The van der Waals surface area contributed by atoms with E-state index in [4.69, 9.17) is 4.74 Å². The Bertz CT molecular complexity index is 1020. The monoisotopic (exact) mass is 335 g/mol. The molecule has 1 heterocycles. The Hall–Kier alpha value is -2.92. The Morgan fingerprint density at radius 3 is 2.71 bits per heavy atom. The number of phenols is 1. The second-order valence-electron chi connectivity index (χ2n) is 5.33. The Morgan fingerprint density at radius 1 is 1.04 bits per heavy atom. The summed E-state index contributed by atoms with van der Waals surface area (Å²) in [6.07, 6.45) is 0. The predicted molar refractivity (Wildman–Crippen MR) is 94.4 cm³/mol. The molecule has 4 aromatic rings. The third-order valence-electron chi connectivity index (χ3n) is 3.79. The van der Waals surface area contributed by atoms with Gasteiger partial charge in [-0.3, -0.25) is 0 Å². The van der Waals surface area contributed by atoms with Gasteiger partial charge in [-0.25, -0.2) is 9.78 Å². The number of hydrogen-bond acceptors (Lipinski definition) is 5. The molecule has 4 rings (SSSR count). The molecule has 1 N–H and O–H groups in total. The minimum atomic E-state index is -0.558. The van der Waals surface area contributed by atoms with Gasteiger partial charge < -0.3 is 9.84 Å². The van der Waals surface area contributed by atoms with Crippen molar-refractivity contribution in [3.63, 3.8) is 0 Å². The van der Waals surface area contributed by atoms with Crippen LogP contribution in [0.2, 0.25) is 0 Å². The molecule has 4 nitrogen and oxygen atoms in total. The topological polar surface area (TPSA) is 59.4 Å². The highest BCUT2D eigenvalue weighted by Crippen LogP contribution is 2.29. The molecule has 0 aliphatic carbocycles. The number of nitrogens with zero attached hydrogens (tertiary/aromatic N) is 1. The van der Waals surface area contributed by atoms with Crippen LogP contribution >= 0.6 is 11.3 Å². The van der Waals surface area contributed by atoms with E-state index in [9.17, 15) is 9.90 Å². The minimum absolute atomic E-state index is 0.0533. The average molecular weight is 335 g/mol. The molecule has 0 saturated heterocycles.